The Morgan fingerprint density at radius 1 is 1.33 bits per heavy atom. The molecule has 0 bridgehead atoms. The fourth-order valence-corrected chi connectivity index (χ4v) is 1.48. The zero-order chi connectivity index (χ0) is 13.0. The van der Waals surface area contributed by atoms with Crippen LogP contribution in [0.15, 0.2) is 30.6 Å². The van der Waals surface area contributed by atoms with Crippen molar-refractivity contribution in [1.82, 2.24) is 9.97 Å². The molecule has 0 saturated heterocycles. The maximum atomic E-state index is 13.5. The predicted octanol–water partition coefficient (Wildman–Crippen LogP) is 3.41. The first kappa shape index (κ1) is 12.6. The summed E-state index contributed by atoms with van der Waals surface area (Å²) in [5.74, 6) is 0.106. The van der Waals surface area contributed by atoms with Crippen LogP contribution < -0.4 is 10.1 Å². The maximum absolute atomic E-state index is 13.5. The number of nitrogens with one attached hydrogen (secondary N) is 1. The summed E-state index contributed by atoms with van der Waals surface area (Å²) in [7, 11) is 0. The first-order valence-corrected chi connectivity index (χ1v) is 5.73. The van der Waals surface area contributed by atoms with Crippen LogP contribution >= 0.6 is 11.6 Å². The number of anilines is 2. The Kier molecular flexibility index (Phi) is 3.94. The number of hydrogen-bond acceptors (Lipinski definition) is 4. The molecule has 0 aromatic carbocycles. The largest absolute Gasteiger partial charge is 0.478 e. The third-order valence-corrected chi connectivity index (χ3v) is 2.31. The number of hydrogen-bond donors (Lipinski definition) is 1. The van der Waals surface area contributed by atoms with E-state index in [0.717, 1.165) is 0 Å². The number of aromatic nitrogens is 2. The van der Waals surface area contributed by atoms with E-state index in [1.807, 2.05) is 6.92 Å². The van der Waals surface area contributed by atoms with Crippen molar-refractivity contribution in [3.8, 4) is 5.88 Å². The van der Waals surface area contributed by atoms with Crippen LogP contribution in [0.4, 0.5) is 15.9 Å². The van der Waals surface area contributed by atoms with Gasteiger partial charge in [0.2, 0.25) is 5.88 Å². The Morgan fingerprint density at radius 2 is 2.17 bits per heavy atom. The van der Waals surface area contributed by atoms with E-state index in [1.165, 1.54) is 12.3 Å². The van der Waals surface area contributed by atoms with E-state index in [1.54, 1.807) is 18.3 Å². The standard InChI is InChI=1S/C12H11ClFN3O/c1-2-18-11-4-3-9(7-15-11)17-12-10(14)5-8(13)6-16-12/h3-7H,2H2,1H3,(H,16,17). The number of pyridine rings is 2. The highest BCUT2D eigenvalue weighted by Gasteiger charge is 2.05. The molecule has 0 aliphatic heterocycles. The van der Waals surface area contributed by atoms with Gasteiger partial charge in [0.15, 0.2) is 11.6 Å². The monoisotopic (exact) mass is 267 g/mol. The molecule has 0 spiro atoms. The van der Waals surface area contributed by atoms with Crippen molar-refractivity contribution in [1.29, 1.82) is 0 Å². The smallest absolute Gasteiger partial charge is 0.213 e. The molecular formula is C12H11ClFN3O. The summed E-state index contributed by atoms with van der Waals surface area (Å²) in [5.41, 5.74) is 0.618. The molecule has 94 valence electrons. The molecule has 0 radical (unpaired) electrons. The van der Waals surface area contributed by atoms with Crippen LogP contribution in [-0.2, 0) is 0 Å². The van der Waals surface area contributed by atoms with Crippen LogP contribution in [0.5, 0.6) is 5.88 Å². The summed E-state index contributed by atoms with van der Waals surface area (Å²) >= 11 is 5.62. The second-order valence-electron chi connectivity index (χ2n) is 3.43. The van der Waals surface area contributed by atoms with Crippen LogP contribution in [0.25, 0.3) is 0 Å². The molecule has 0 unspecified atom stereocenters. The lowest BCUT2D eigenvalue weighted by atomic mass is 10.4. The molecule has 0 fully saturated rings. The van der Waals surface area contributed by atoms with Crippen molar-refractivity contribution in [3.63, 3.8) is 0 Å². The molecule has 2 rings (SSSR count). The number of rotatable bonds is 4. The second kappa shape index (κ2) is 5.64. The summed E-state index contributed by atoms with van der Waals surface area (Å²) in [6, 6.07) is 4.62. The van der Waals surface area contributed by atoms with Crippen molar-refractivity contribution in [2.24, 2.45) is 0 Å². The average molecular weight is 268 g/mol. The summed E-state index contributed by atoms with van der Waals surface area (Å²) < 4.78 is 18.7. The fraction of sp³-hybridized carbons (Fsp3) is 0.167. The molecule has 6 heteroatoms. The minimum Gasteiger partial charge on any atom is -0.478 e. The first-order chi connectivity index (χ1) is 8.69. The molecule has 1 N–H and O–H groups in total. The third-order valence-electron chi connectivity index (χ3n) is 2.10. The molecule has 0 aliphatic rings. The van der Waals surface area contributed by atoms with E-state index < -0.39 is 5.82 Å². The van der Waals surface area contributed by atoms with Gasteiger partial charge in [-0.2, -0.15) is 0 Å². The van der Waals surface area contributed by atoms with Crippen molar-refractivity contribution in [2.45, 2.75) is 6.92 Å². The lowest BCUT2D eigenvalue weighted by Crippen LogP contribution is -1.98. The van der Waals surface area contributed by atoms with Crippen LogP contribution in [0.3, 0.4) is 0 Å². The van der Waals surface area contributed by atoms with Gasteiger partial charge in [-0.25, -0.2) is 14.4 Å². The van der Waals surface area contributed by atoms with Crippen LogP contribution in [0.2, 0.25) is 5.02 Å². The molecule has 4 nitrogen and oxygen atoms in total. The SMILES string of the molecule is CCOc1ccc(Nc2ncc(Cl)cc2F)cn1. The molecule has 2 aromatic heterocycles. The highest BCUT2D eigenvalue weighted by Crippen LogP contribution is 2.20. The Hall–Kier alpha value is -1.88. The van der Waals surface area contributed by atoms with Gasteiger partial charge in [-0.05, 0) is 19.1 Å². The molecule has 0 saturated carbocycles. The summed E-state index contributed by atoms with van der Waals surface area (Å²) in [6.07, 6.45) is 2.91. The van der Waals surface area contributed by atoms with Crippen molar-refractivity contribution in [3.05, 3.63) is 41.4 Å². The number of halogens is 2. The van der Waals surface area contributed by atoms with Crippen molar-refractivity contribution >= 4 is 23.1 Å². The average Bonchev–Trinajstić information content (AvgIpc) is 2.35. The van der Waals surface area contributed by atoms with E-state index >= 15 is 0 Å². The first-order valence-electron chi connectivity index (χ1n) is 5.36. The third kappa shape index (κ3) is 3.07. The molecule has 2 aromatic rings. The highest BCUT2D eigenvalue weighted by atomic mass is 35.5. The van der Waals surface area contributed by atoms with Crippen molar-refractivity contribution in [2.75, 3.05) is 11.9 Å². The minimum absolute atomic E-state index is 0.102. The number of ether oxygens (including phenoxy) is 1. The predicted molar refractivity (Wildman–Crippen MR) is 67.9 cm³/mol. The van der Waals surface area contributed by atoms with Gasteiger partial charge >= 0.3 is 0 Å². The van der Waals surface area contributed by atoms with Gasteiger partial charge in [0.1, 0.15) is 0 Å². The van der Waals surface area contributed by atoms with Gasteiger partial charge < -0.3 is 10.1 Å². The van der Waals surface area contributed by atoms with Crippen LogP contribution in [-0.4, -0.2) is 16.6 Å². The van der Waals surface area contributed by atoms with Crippen LogP contribution in [0, 0.1) is 5.82 Å². The number of nitrogens with zero attached hydrogens (tertiary/aromatic N) is 2. The molecule has 0 aliphatic carbocycles. The Labute approximate surface area is 109 Å². The summed E-state index contributed by atoms with van der Waals surface area (Å²) in [5, 5.41) is 3.06. The minimum atomic E-state index is -0.517. The molecular weight excluding hydrogens is 257 g/mol. The van der Waals surface area contributed by atoms with E-state index in [-0.39, 0.29) is 10.8 Å². The summed E-state index contributed by atoms with van der Waals surface area (Å²) in [4.78, 5) is 7.91. The van der Waals surface area contributed by atoms with E-state index in [9.17, 15) is 4.39 Å². The van der Waals surface area contributed by atoms with Crippen LogP contribution in [0.1, 0.15) is 6.92 Å². The van der Waals surface area contributed by atoms with Gasteiger partial charge in [-0.15, -0.1) is 0 Å². The topological polar surface area (TPSA) is 47.0 Å². The lowest BCUT2D eigenvalue weighted by Gasteiger charge is -2.07. The summed E-state index contributed by atoms with van der Waals surface area (Å²) in [6.45, 7) is 2.42. The van der Waals surface area contributed by atoms with Gasteiger partial charge in [0.05, 0.1) is 23.5 Å². The quantitative estimate of drug-likeness (QED) is 0.922. The van der Waals surface area contributed by atoms with E-state index in [2.05, 4.69) is 15.3 Å². The van der Waals surface area contributed by atoms with Gasteiger partial charge in [0.25, 0.3) is 0 Å². The van der Waals surface area contributed by atoms with Gasteiger partial charge in [-0.3, -0.25) is 0 Å². The lowest BCUT2D eigenvalue weighted by molar-refractivity contribution is 0.327. The second-order valence-corrected chi connectivity index (χ2v) is 3.86. The van der Waals surface area contributed by atoms with Gasteiger partial charge in [-0.1, -0.05) is 11.6 Å². The molecule has 0 atom stereocenters. The Balaban J connectivity index is 2.13. The molecule has 18 heavy (non-hydrogen) atoms. The van der Waals surface area contributed by atoms with E-state index in [4.69, 9.17) is 16.3 Å². The molecule has 0 amide bonds. The molecule has 2 heterocycles. The normalized spacial score (nSPS) is 10.2. The zero-order valence-corrected chi connectivity index (χ0v) is 10.4. The van der Waals surface area contributed by atoms with E-state index in [0.29, 0.717) is 18.2 Å². The van der Waals surface area contributed by atoms with Gasteiger partial charge in [0, 0.05) is 12.3 Å². The fourth-order valence-electron chi connectivity index (χ4n) is 1.33. The van der Waals surface area contributed by atoms with Crippen molar-refractivity contribution < 1.29 is 9.13 Å². The zero-order valence-electron chi connectivity index (χ0n) is 9.65. The Morgan fingerprint density at radius 3 is 2.78 bits per heavy atom. The highest BCUT2D eigenvalue weighted by molar-refractivity contribution is 6.30. The Bertz CT molecular complexity index is 533. The maximum Gasteiger partial charge on any atom is 0.213 e.